The Bertz CT molecular complexity index is 609. The monoisotopic (exact) mass is 264 g/mol. The Balaban J connectivity index is 2.12. The molecular formula is C19H20O. The lowest BCUT2D eigenvalue weighted by atomic mass is 9.89. The van der Waals surface area contributed by atoms with Crippen LogP contribution in [0, 0.1) is 0 Å². The predicted octanol–water partition coefficient (Wildman–Crippen LogP) is 5.14. The van der Waals surface area contributed by atoms with E-state index < -0.39 is 0 Å². The first-order chi connectivity index (χ1) is 9.66. The molecule has 1 heterocycles. The first kappa shape index (κ1) is 13.0. The van der Waals surface area contributed by atoms with Gasteiger partial charge in [-0.2, -0.15) is 0 Å². The molecule has 0 unspecified atom stereocenters. The molecule has 2 aromatic rings. The molecular weight excluding hydrogens is 244 g/mol. The number of hydrogen-bond donors (Lipinski definition) is 0. The molecule has 20 heavy (non-hydrogen) atoms. The second-order valence-corrected chi connectivity index (χ2v) is 5.90. The van der Waals surface area contributed by atoms with Crippen molar-refractivity contribution < 1.29 is 4.74 Å². The Morgan fingerprint density at radius 2 is 1.35 bits per heavy atom. The standard InChI is InChI=1S/C19H20O/c1-19(2)14-13-17(15-9-5-3-6-10-15)18(20-19)16-11-7-4-8-12-16/h3-12H,13-14H2,1-2H3. The van der Waals surface area contributed by atoms with Crippen molar-refractivity contribution in [2.24, 2.45) is 0 Å². The molecule has 2 aromatic carbocycles. The van der Waals surface area contributed by atoms with E-state index in [4.69, 9.17) is 4.74 Å². The molecule has 0 spiro atoms. The van der Waals surface area contributed by atoms with E-state index in [1.54, 1.807) is 0 Å². The van der Waals surface area contributed by atoms with Crippen molar-refractivity contribution in [2.75, 3.05) is 0 Å². The molecule has 0 fully saturated rings. The summed E-state index contributed by atoms with van der Waals surface area (Å²) in [7, 11) is 0. The first-order valence-corrected chi connectivity index (χ1v) is 7.19. The van der Waals surface area contributed by atoms with Gasteiger partial charge in [-0.25, -0.2) is 0 Å². The lowest BCUT2D eigenvalue weighted by Crippen LogP contribution is -2.27. The molecule has 0 amide bonds. The SMILES string of the molecule is CC1(C)CCC(c2ccccc2)=C(c2ccccc2)O1. The zero-order valence-electron chi connectivity index (χ0n) is 12.1. The molecule has 0 aromatic heterocycles. The number of rotatable bonds is 2. The van der Waals surface area contributed by atoms with E-state index in [-0.39, 0.29) is 5.60 Å². The van der Waals surface area contributed by atoms with Gasteiger partial charge in [-0.1, -0.05) is 60.7 Å². The molecule has 1 heteroatoms. The van der Waals surface area contributed by atoms with Gasteiger partial charge >= 0.3 is 0 Å². The quantitative estimate of drug-likeness (QED) is 0.729. The van der Waals surface area contributed by atoms with Crippen molar-refractivity contribution in [2.45, 2.75) is 32.3 Å². The number of ether oxygens (including phenoxy) is 1. The van der Waals surface area contributed by atoms with E-state index in [0.29, 0.717) is 0 Å². The Morgan fingerprint density at radius 3 is 1.95 bits per heavy atom. The van der Waals surface area contributed by atoms with Crippen LogP contribution in [0.25, 0.3) is 11.3 Å². The van der Waals surface area contributed by atoms with Crippen molar-refractivity contribution in [1.82, 2.24) is 0 Å². The highest BCUT2D eigenvalue weighted by molar-refractivity contribution is 5.88. The van der Waals surface area contributed by atoms with Crippen LogP contribution in [-0.4, -0.2) is 5.60 Å². The summed E-state index contributed by atoms with van der Waals surface area (Å²) in [5, 5.41) is 0. The molecule has 0 bridgehead atoms. The molecule has 3 rings (SSSR count). The molecule has 102 valence electrons. The van der Waals surface area contributed by atoms with Gasteiger partial charge in [-0.15, -0.1) is 0 Å². The highest BCUT2D eigenvalue weighted by atomic mass is 16.5. The third kappa shape index (κ3) is 2.62. The molecule has 0 saturated carbocycles. The fourth-order valence-electron chi connectivity index (χ4n) is 2.67. The molecule has 0 N–H and O–H groups in total. The topological polar surface area (TPSA) is 9.23 Å². The largest absolute Gasteiger partial charge is 0.487 e. The summed E-state index contributed by atoms with van der Waals surface area (Å²) in [6, 6.07) is 21.0. The molecule has 0 aliphatic carbocycles. The van der Waals surface area contributed by atoms with Gasteiger partial charge in [-0.3, -0.25) is 0 Å². The predicted molar refractivity (Wildman–Crippen MR) is 84.1 cm³/mol. The Morgan fingerprint density at radius 1 is 0.800 bits per heavy atom. The summed E-state index contributed by atoms with van der Waals surface area (Å²) in [6.07, 6.45) is 2.11. The summed E-state index contributed by atoms with van der Waals surface area (Å²) in [5.74, 6) is 1.04. The van der Waals surface area contributed by atoms with Crippen LogP contribution in [0.3, 0.4) is 0 Å². The molecule has 1 nitrogen and oxygen atoms in total. The number of allylic oxidation sites excluding steroid dienone is 1. The summed E-state index contributed by atoms with van der Waals surface area (Å²) in [6.45, 7) is 4.33. The van der Waals surface area contributed by atoms with Crippen molar-refractivity contribution in [3.8, 4) is 0 Å². The lowest BCUT2D eigenvalue weighted by molar-refractivity contribution is 0.0620. The van der Waals surface area contributed by atoms with Crippen LogP contribution in [0.15, 0.2) is 60.7 Å². The summed E-state index contributed by atoms with van der Waals surface area (Å²) in [5.41, 5.74) is 3.65. The van der Waals surface area contributed by atoms with Crippen LogP contribution in [0.4, 0.5) is 0 Å². The van der Waals surface area contributed by atoms with Crippen molar-refractivity contribution >= 4 is 11.3 Å². The van der Waals surface area contributed by atoms with Gasteiger partial charge in [0.05, 0.1) is 0 Å². The average Bonchev–Trinajstić information content (AvgIpc) is 2.48. The van der Waals surface area contributed by atoms with Crippen molar-refractivity contribution in [3.63, 3.8) is 0 Å². The lowest BCUT2D eigenvalue weighted by Gasteiger charge is -2.35. The van der Waals surface area contributed by atoms with Gasteiger partial charge < -0.3 is 4.74 Å². The van der Waals surface area contributed by atoms with Crippen LogP contribution in [0.1, 0.15) is 37.8 Å². The van der Waals surface area contributed by atoms with Gasteiger partial charge in [0, 0.05) is 11.1 Å². The Hall–Kier alpha value is -2.02. The molecule has 0 atom stereocenters. The van der Waals surface area contributed by atoms with Crippen LogP contribution in [-0.2, 0) is 4.74 Å². The fourth-order valence-corrected chi connectivity index (χ4v) is 2.67. The van der Waals surface area contributed by atoms with E-state index in [1.807, 2.05) is 6.07 Å². The third-order valence-corrected chi connectivity index (χ3v) is 3.79. The van der Waals surface area contributed by atoms with E-state index >= 15 is 0 Å². The maximum atomic E-state index is 6.31. The van der Waals surface area contributed by atoms with Crippen LogP contribution >= 0.6 is 0 Å². The Kier molecular flexibility index (Phi) is 3.35. The maximum absolute atomic E-state index is 6.31. The summed E-state index contributed by atoms with van der Waals surface area (Å²) in [4.78, 5) is 0. The van der Waals surface area contributed by atoms with Gasteiger partial charge in [0.2, 0.25) is 0 Å². The van der Waals surface area contributed by atoms with Gasteiger partial charge in [0.1, 0.15) is 11.4 Å². The first-order valence-electron chi connectivity index (χ1n) is 7.19. The maximum Gasteiger partial charge on any atom is 0.131 e. The van der Waals surface area contributed by atoms with E-state index in [0.717, 1.165) is 18.6 Å². The molecule has 0 saturated heterocycles. The zero-order chi connectivity index (χ0) is 14.0. The summed E-state index contributed by atoms with van der Waals surface area (Å²) >= 11 is 0. The Labute approximate surface area is 120 Å². The number of hydrogen-bond acceptors (Lipinski definition) is 1. The normalized spacial score (nSPS) is 17.7. The van der Waals surface area contributed by atoms with Crippen molar-refractivity contribution in [1.29, 1.82) is 0 Å². The second kappa shape index (κ2) is 5.16. The molecule has 0 radical (unpaired) electrons. The van der Waals surface area contributed by atoms with Crippen LogP contribution in [0.2, 0.25) is 0 Å². The third-order valence-electron chi connectivity index (χ3n) is 3.79. The minimum atomic E-state index is -0.0938. The van der Waals surface area contributed by atoms with E-state index in [9.17, 15) is 0 Å². The van der Waals surface area contributed by atoms with Gasteiger partial charge in [0.15, 0.2) is 0 Å². The highest BCUT2D eigenvalue weighted by Gasteiger charge is 2.29. The average molecular weight is 264 g/mol. The fraction of sp³-hybridized carbons (Fsp3) is 0.263. The number of benzene rings is 2. The minimum absolute atomic E-state index is 0.0938. The smallest absolute Gasteiger partial charge is 0.131 e. The van der Waals surface area contributed by atoms with E-state index in [2.05, 4.69) is 68.4 Å². The van der Waals surface area contributed by atoms with Crippen LogP contribution in [0.5, 0.6) is 0 Å². The van der Waals surface area contributed by atoms with Gasteiger partial charge in [0.25, 0.3) is 0 Å². The van der Waals surface area contributed by atoms with E-state index in [1.165, 1.54) is 16.7 Å². The second-order valence-electron chi connectivity index (χ2n) is 5.90. The van der Waals surface area contributed by atoms with Crippen molar-refractivity contribution in [3.05, 3.63) is 71.8 Å². The highest BCUT2D eigenvalue weighted by Crippen LogP contribution is 2.40. The van der Waals surface area contributed by atoms with Gasteiger partial charge in [-0.05, 0) is 32.3 Å². The molecule has 1 aliphatic rings. The minimum Gasteiger partial charge on any atom is -0.487 e. The van der Waals surface area contributed by atoms with Crippen LogP contribution < -0.4 is 0 Å². The molecule has 1 aliphatic heterocycles. The zero-order valence-corrected chi connectivity index (χ0v) is 12.1. The summed E-state index contributed by atoms with van der Waals surface area (Å²) < 4.78 is 6.31.